The van der Waals surface area contributed by atoms with Gasteiger partial charge in [0, 0.05) is 18.3 Å². The maximum absolute atomic E-state index is 12.6. The number of carboxylic acid groups (broad SMARTS) is 1. The van der Waals surface area contributed by atoms with Crippen molar-refractivity contribution in [2.75, 3.05) is 0 Å². The number of aryl methyl sites for hydroxylation is 1. The number of hydrogen-bond acceptors (Lipinski definition) is 2. The molecule has 1 aromatic heterocycles. The lowest BCUT2D eigenvalue weighted by Gasteiger charge is -2.09. The standard InChI is InChI=1S/C12H11F3N2O2/c1-17-8-5-7(12(13,14)15)3-2-6(8)4-9(17)10(16)11(18)19/h2-5,10H,16H2,1H3,(H,18,19). The number of hydrogen-bond donors (Lipinski definition) is 2. The Balaban J connectivity index is 2.62. The van der Waals surface area contributed by atoms with Crippen LogP contribution in [0.5, 0.6) is 0 Å². The van der Waals surface area contributed by atoms with Crippen molar-refractivity contribution in [2.45, 2.75) is 12.2 Å². The number of fused-ring (bicyclic) bond motifs is 1. The number of carbonyl (C=O) groups is 1. The van der Waals surface area contributed by atoms with Gasteiger partial charge in [-0.3, -0.25) is 4.79 Å². The van der Waals surface area contributed by atoms with Crippen molar-refractivity contribution in [1.82, 2.24) is 4.57 Å². The maximum Gasteiger partial charge on any atom is 0.416 e. The highest BCUT2D eigenvalue weighted by molar-refractivity contribution is 5.85. The molecule has 7 heteroatoms. The number of alkyl halides is 3. The van der Waals surface area contributed by atoms with Gasteiger partial charge in [0.25, 0.3) is 0 Å². The molecular formula is C12H11F3N2O2. The number of rotatable bonds is 2. The van der Waals surface area contributed by atoms with Crippen molar-refractivity contribution in [1.29, 1.82) is 0 Å². The second-order valence-electron chi connectivity index (χ2n) is 4.22. The summed E-state index contributed by atoms with van der Waals surface area (Å²) in [6, 6.07) is 3.45. The number of nitrogens with two attached hydrogens (primary N) is 1. The van der Waals surface area contributed by atoms with E-state index in [1.54, 1.807) is 0 Å². The van der Waals surface area contributed by atoms with Gasteiger partial charge in [0.2, 0.25) is 0 Å². The fourth-order valence-corrected chi connectivity index (χ4v) is 1.95. The third-order valence-electron chi connectivity index (χ3n) is 2.99. The summed E-state index contributed by atoms with van der Waals surface area (Å²) in [6.45, 7) is 0. The average Bonchev–Trinajstić information content (AvgIpc) is 2.64. The first kappa shape index (κ1) is 13.4. The van der Waals surface area contributed by atoms with Gasteiger partial charge in [0.15, 0.2) is 0 Å². The third kappa shape index (κ3) is 2.28. The minimum absolute atomic E-state index is 0.252. The summed E-state index contributed by atoms with van der Waals surface area (Å²) in [6.07, 6.45) is -4.44. The topological polar surface area (TPSA) is 68.2 Å². The Morgan fingerprint density at radius 2 is 2.00 bits per heavy atom. The first-order valence-electron chi connectivity index (χ1n) is 5.37. The summed E-state index contributed by atoms with van der Waals surface area (Å²) in [7, 11) is 1.49. The van der Waals surface area contributed by atoms with Gasteiger partial charge >= 0.3 is 12.1 Å². The van der Waals surface area contributed by atoms with E-state index in [4.69, 9.17) is 10.8 Å². The third-order valence-corrected chi connectivity index (χ3v) is 2.99. The molecule has 102 valence electrons. The van der Waals surface area contributed by atoms with Gasteiger partial charge in [0.05, 0.1) is 5.56 Å². The van der Waals surface area contributed by atoms with Crippen LogP contribution >= 0.6 is 0 Å². The highest BCUT2D eigenvalue weighted by Gasteiger charge is 2.31. The molecule has 3 N–H and O–H groups in total. The van der Waals surface area contributed by atoms with Crippen molar-refractivity contribution in [3.05, 3.63) is 35.5 Å². The van der Waals surface area contributed by atoms with Crippen LogP contribution in [0.4, 0.5) is 13.2 Å². The van der Waals surface area contributed by atoms with Crippen molar-refractivity contribution >= 4 is 16.9 Å². The number of aliphatic carboxylic acids is 1. The Bertz CT molecular complexity index is 646. The van der Waals surface area contributed by atoms with E-state index in [1.807, 2.05) is 0 Å². The zero-order valence-corrected chi connectivity index (χ0v) is 9.90. The van der Waals surface area contributed by atoms with Gasteiger partial charge < -0.3 is 15.4 Å². The number of aromatic nitrogens is 1. The molecule has 0 bridgehead atoms. The predicted octanol–water partition coefficient (Wildman–Crippen LogP) is 2.28. The molecule has 0 radical (unpaired) electrons. The molecule has 2 rings (SSSR count). The van der Waals surface area contributed by atoms with Crippen LogP contribution in [-0.2, 0) is 18.0 Å². The summed E-state index contributed by atoms with van der Waals surface area (Å²) < 4.78 is 39.2. The van der Waals surface area contributed by atoms with Gasteiger partial charge in [-0.15, -0.1) is 0 Å². The molecule has 0 aliphatic carbocycles. The molecule has 1 unspecified atom stereocenters. The molecule has 0 amide bonds. The summed E-state index contributed by atoms with van der Waals surface area (Å²) >= 11 is 0. The quantitative estimate of drug-likeness (QED) is 0.881. The molecule has 4 nitrogen and oxygen atoms in total. The molecule has 1 atom stereocenters. The molecule has 1 heterocycles. The predicted molar refractivity (Wildman–Crippen MR) is 62.5 cm³/mol. The average molecular weight is 272 g/mol. The van der Waals surface area contributed by atoms with Crippen LogP contribution in [0.2, 0.25) is 0 Å². The molecule has 0 saturated heterocycles. The molecule has 0 aliphatic rings. The fraction of sp³-hybridized carbons (Fsp3) is 0.250. The van der Waals surface area contributed by atoms with E-state index >= 15 is 0 Å². The van der Waals surface area contributed by atoms with Gasteiger partial charge in [-0.05, 0) is 23.6 Å². The van der Waals surface area contributed by atoms with Crippen molar-refractivity contribution in [3.8, 4) is 0 Å². The van der Waals surface area contributed by atoms with Gasteiger partial charge in [-0.25, -0.2) is 0 Å². The van der Waals surface area contributed by atoms with E-state index in [1.165, 1.54) is 23.7 Å². The SMILES string of the molecule is Cn1c(C(N)C(=O)O)cc2ccc(C(F)(F)F)cc21. The van der Waals surface area contributed by atoms with E-state index < -0.39 is 23.8 Å². The van der Waals surface area contributed by atoms with E-state index in [2.05, 4.69) is 0 Å². The normalized spacial score (nSPS) is 13.7. The van der Waals surface area contributed by atoms with E-state index in [9.17, 15) is 18.0 Å². The summed E-state index contributed by atoms with van der Waals surface area (Å²) in [4.78, 5) is 10.8. The smallest absolute Gasteiger partial charge is 0.416 e. The molecule has 0 saturated carbocycles. The number of carboxylic acids is 1. The number of halogens is 3. The molecule has 0 spiro atoms. The lowest BCUT2D eigenvalue weighted by atomic mass is 10.1. The van der Waals surface area contributed by atoms with Gasteiger partial charge in [-0.2, -0.15) is 13.2 Å². The monoisotopic (exact) mass is 272 g/mol. The molecule has 0 fully saturated rings. The Kier molecular flexibility index (Phi) is 3.01. The maximum atomic E-state index is 12.6. The van der Waals surface area contributed by atoms with Crippen LogP contribution in [0.15, 0.2) is 24.3 Å². The number of nitrogens with zero attached hydrogens (tertiary/aromatic N) is 1. The Morgan fingerprint density at radius 3 is 2.53 bits per heavy atom. The number of benzene rings is 1. The second-order valence-corrected chi connectivity index (χ2v) is 4.22. The lowest BCUT2D eigenvalue weighted by Crippen LogP contribution is -2.22. The van der Waals surface area contributed by atoms with Crippen molar-refractivity contribution < 1.29 is 23.1 Å². The summed E-state index contributed by atoms with van der Waals surface area (Å²) in [5.74, 6) is -1.23. The molecule has 0 aliphatic heterocycles. The Labute approximate surface area is 106 Å². The van der Waals surface area contributed by atoms with Crippen molar-refractivity contribution in [2.24, 2.45) is 12.8 Å². The molecule has 19 heavy (non-hydrogen) atoms. The van der Waals surface area contributed by atoms with Gasteiger partial charge in [0.1, 0.15) is 6.04 Å². The van der Waals surface area contributed by atoms with Gasteiger partial charge in [-0.1, -0.05) is 6.07 Å². The van der Waals surface area contributed by atoms with Crippen LogP contribution in [-0.4, -0.2) is 15.6 Å². The molecular weight excluding hydrogens is 261 g/mol. The van der Waals surface area contributed by atoms with Crippen LogP contribution in [0, 0.1) is 0 Å². The van der Waals surface area contributed by atoms with Crippen LogP contribution in [0.1, 0.15) is 17.3 Å². The first-order chi connectivity index (χ1) is 8.71. The van der Waals surface area contributed by atoms with Crippen LogP contribution in [0.25, 0.3) is 10.9 Å². The first-order valence-corrected chi connectivity index (χ1v) is 5.37. The molecule has 1 aromatic carbocycles. The minimum Gasteiger partial charge on any atom is -0.480 e. The highest BCUT2D eigenvalue weighted by atomic mass is 19.4. The van der Waals surface area contributed by atoms with Crippen LogP contribution in [0.3, 0.4) is 0 Å². The zero-order chi connectivity index (χ0) is 14.4. The van der Waals surface area contributed by atoms with Crippen LogP contribution < -0.4 is 5.73 Å². The van der Waals surface area contributed by atoms with E-state index in [-0.39, 0.29) is 5.69 Å². The Morgan fingerprint density at radius 1 is 1.37 bits per heavy atom. The highest BCUT2D eigenvalue weighted by Crippen LogP contribution is 2.32. The molecule has 2 aromatic rings. The lowest BCUT2D eigenvalue weighted by molar-refractivity contribution is -0.139. The minimum atomic E-state index is -4.44. The second kappa shape index (κ2) is 4.27. The summed E-state index contributed by atoms with van der Waals surface area (Å²) in [5.41, 5.74) is 5.25. The summed E-state index contributed by atoms with van der Waals surface area (Å²) in [5, 5.41) is 9.37. The largest absolute Gasteiger partial charge is 0.480 e. The fourth-order valence-electron chi connectivity index (χ4n) is 1.95. The van der Waals surface area contributed by atoms with E-state index in [0.29, 0.717) is 10.9 Å². The van der Waals surface area contributed by atoms with Crippen molar-refractivity contribution in [3.63, 3.8) is 0 Å². The zero-order valence-electron chi connectivity index (χ0n) is 9.90. The Hall–Kier alpha value is -2.02. The van der Waals surface area contributed by atoms with E-state index in [0.717, 1.165) is 12.1 Å².